The highest BCUT2D eigenvalue weighted by atomic mass is 32.2. The Morgan fingerprint density at radius 3 is 2.28 bits per heavy atom. The van der Waals surface area contributed by atoms with Crippen LogP contribution in [0.5, 0.6) is 0 Å². The Bertz CT molecular complexity index is 1650. The Morgan fingerprint density at radius 1 is 1.07 bits per heavy atom. The smallest absolute Gasteiger partial charge is 0.408 e. The zero-order valence-electron chi connectivity index (χ0n) is 27.4. The van der Waals surface area contributed by atoms with Gasteiger partial charge in [0.15, 0.2) is 0 Å². The van der Waals surface area contributed by atoms with Crippen molar-refractivity contribution in [2.75, 3.05) is 12.8 Å². The summed E-state index contributed by atoms with van der Waals surface area (Å²) in [5.41, 5.74) is -3.04. The lowest BCUT2D eigenvalue weighted by atomic mass is 9.85. The van der Waals surface area contributed by atoms with Crippen LogP contribution in [0.25, 0.3) is 10.8 Å². The average molecular weight is 673 g/mol. The number of nitrogens with one attached hydrogen (secondary N) is 3. The fraction of sp³-hybridized carbons (Fsp3) is 0.515. The van der Waals surface area contributed by atoms with Crippen molar-refractivity contribution in [3.63, 3.8) is 0 Å². The van der Waals surface area contributed by atoms with E-state index < -0.39 is 68.4 Å². The van der Waals surface area contributed by atoms with Gasteiger partial charge in [-0.2, -0.15) is 0 Å². The summed E-state index contributed by atoms with van der Waals surface area (Å²) in [7, 11) is -3.89. The van der Waals surface area contributed by atoms with Crippen LogP contribution < -0.4 is 15.4 Å². The maximum absolute atomic E-state index is 14.3. The van der Waals surface area contributed by atoms with Crippen molar-refractivity contribution in [1.82, 2.24) is 20.3 Å². The highest BCUT2D eigenvalue weighted by Crippen LogP contribution is 2.45. The highest BCUT2D eigenvalue weighted by molar-refractivity contribution is 8.00. The standard InChI is InChI=1S/C33H44N4O7S2/c1-9-22-18-33(22,29(40)36-46(8,42)43)35-27(38)25-17-24(45-23-15-14-20-12-10-11-13-21(20)16-23)19-37(25)28(39)26(31(2,3)4)34-30(41)44-32(5,6)7/h9-16,22,24-26H,1,17-19H2,2-8H3,(H,34,41)(H,35,38)(H,36,40)/t22-,24-,25+,26-,33-/m1/s1. The summed E-state index contributed by atoms with van der Waals surface area (Å²) < 4.78 is 31.1. The number of ether oxygens (including phenoxy) is 1. The molecular weight excluding hydrogens is 629 g/mol. The third-order valence-corrected chi connectivity index (χ3v) is 9.73. The second-order valence-corrected chi connectivity index (χ2v) is 17.3. The van der Waals surface area contributed by atoms with Gasteiger partial charge in [-0.15, -0.1) is 18.3 Å². The van der Waals surface area contributed by atoms with Gasteiger partial charge in [-0.25, -0.2) is 13.2 Å². The molecule has 0 spiro atoms. The minimum atomic E-state index is -3.89. The molecule has 2 aromatic carbocycles. The number of alkyl carbamates (subject to hydrolysis) is 1. The van der Waals surface area contributed by atoms with Crippen LogP contribution in [0.1, 0.15) is 54.4 Å². The number of carbonyl (C=O) groups excluding carboxylic acids is 4. The van der Waals surface area contributed by atoms with E-state index in [-0.39, 0.29) is 24.6 Å². The molecule has 0 bridgehead atoms. The fourth-order valence-corrected chi connectivity index (χ4v) is 7.40. The number of amides is 4. The molecule has 0 unspecified atom stereocenters. The molecule has 5 atom stereocenters. The lowest BCUT2D eigenvalue weighted by Crippen LogP contribution is -2.60. The summed E-state index contributed by atoms with van der Waals surface area (Å²) in [6.07, 6.45) is 2.04. The number of sulfonamides is 1. The molecule has 3 N–H and O–H groups in total. The Morgan fingerprint density at radius 2 is 1.72 bits per heavy atom. The van der Waals surface area contributed by atoms with Gasteiger partial charge in [-0.1, -0.05) is 57.2 Å². The summed E-state index contributed by atoms with van der Waals surface area (Å²) in [5, 5.41) is 7.45. The van der Waals surface area contributed by atoms with Crippen LogP contribution in [0, 0.1) is 11.3 Å². The van der Waals surface area contributed by atoms with Gasteiger partial charge in [0.05, 0.1) is 6.26 Å². The zero-order chi connectivity index (χ0) is 34.2. The van der Waals surface area contributed by atoms with E-state index in [1.165, 1.54) is 11.0 Å². The van der Waals surface area contributed by atoms with E-state index in [1.54, 1.807) is 32.5 Å². The minimum Gasteiger partial charge on any atom is -0.444 e. The van der Waals surface area contributed by atoms with E-state index in [9.17, 15) is 27.6 Å². The zero-order valence-corrected chi connectivity index (χ0v) is 29.0. The maximum atomic E-state index is 14.3. The van der Waals surface area contributed by atoms with Crippen molar-refractivity contribution in [3.8, 4) is 0 Å². The molecule has 1 heterocycles. The predicted molar refractivity (Wildman–Crippen MR) is 178 cm³/mol. The Hall–Kier alpha value is -3.58. The topological polar surface area (TPSA) is 151 Å². The summed E-state index contributed by atoms with van der Waals surface area (Å²) >= 11 is 1.54. The monoisotopic (exact) mass is 672 g/mol. The van der Waals surface area contributed by atoms with Gasteiger partial charge in [-0.05, 0) is 61.9 Å². The molecule has 250 valence electrons. The van der Waals surface area contributed by atoms with E-state index >= 15 is 0 Å². The molecule has 1 aliphatic heterocycles. The van der Waals surface area contributed by atoms with Crippen molar-refractivity contribution in [1.29, 1.82) is 0 Å². The molecule has 2 fully saturated rings. The number of nitrogens with zero attached hydrogens (tertiary/aromatic N) is 1. The molecular formula is C33H44N4O7S2. The second kappa shape index (κ2) is 12.9. The van der Waals surface area contributed by atoms with E-state index in [0.29, 0.717) is 0 Å². The molecule has 4 rings (SSSR count). The number of fused-ring (bicyclic) bond motifs is 1. The third-order valence-electron chi connectivity index (χ3n) is 7.97. The van der Waals surface area contributed by atoms with Crippen molar-refractivity contribution >= 4 is 56.4 Å². The molecule has 4 amide bonds. The SMILES string of the molecule is C=C[C@@H]1C[C@]1(NC(=O)[C@@H]1C[C@@H](Sc2ccc3ccccc3c2)CN1C(=O)[C@@H](NC(=O)OC(C)(C)C)C(C)(C)C)C(=O)NS(C)(=O)=O. The van der Waals surface area contributed by atoms with Gasteiger partial charge in [0.2, 0.25) is 21.8 Å². The number of carbonyl (C=O) groups is 4. The van der Waals surface area contributed by atoms with Gasteiger partial charge < -0.3 is 20.3 Å². The van der Waals surface area contributed by atoms with Gasteiger partial charge in [0.25, 0.3) is 5.91 Å². The fourth-order valence-electron chi connectivity index (χ4n) is 5.64. The van der Waals surface area contributed by atoms with E-state index in [2.05, 4.69) is 23.3 Å². The van der Waals surface area contributed by atoms with Crippen LogP contribution in [0.15, 0.2) is 60.0 Å². The van der Waals surface area contributed by atoms with E-state index in [0.717, 1.165) is 21.9 Å². The number of likely N-dealkylation sites (tertiary alicyclic amines) is 1. The molecule has 0 radical (unpaired) electrons. The number of thioether (sulfide) groups is 1. The minimum absolute atomic E-state index is 0.171. The summed E-state index contributed by atoms with van der Waals surface area (Å²) in [6, 6.07) is 12.0. The Labute approximate surface area is 275 Å². The first kappa shape index (κ1) is 35.3. The molecule has 1 saturated heterocycles. The first-order chi connectivity index (χ1) is 21.2. The Balaban J connectivity index is 1.64. The average Bonchev–Trinajstić information content (AvgIpc) is 3.48. The first-order valence-corrected chi connectivity index (χ1v) is 17.9. The molecule has 46 heavy (non-hydrogen) atoms. The molecule has 0 aromatic heterocycles. The molecule has 1 aliphatic carbocycles. The Kier molecular flexibility index (Phi) is 9.90. The van der Waals surface area contributed by atoms with Gasteiger partial charge in [0, 0.05) is 22.6 Å². The van der Waals surface area contributed by atoms with Gasteiger partial charge in [-0.3, -0.25) is 19.1 Å². The van der Waals surface area contributed by atoms with Crippen molar-refractivity contribution < 1.29 is 32.3 Å². The number of hydrogen-bond donors (Lipinski definition) is 3. The van der Waals surface area contributed by atoms with Crippen LogP contribution >= 0.6 is 11.8 Å². The van der Waals surface area contributed by atoms with Crippen molar-refractivity contribution in [2.24, 2.45) is 11.3 Å². The van der Waals surface area contributed by atoms with Crippen molar-refractivity contribution in [2.45, 2.75) is 87.8 Å². The quantitative estimate of drug-likeness (QED) is 0.339. The number of rotatable bonds is 9. The van der Waals surface area contributed by atoms with E-state index in [1.807, 2.05) is 61.9 Å². The molecule has 11 nitrogen and oxygen atoms in total. The predicted octanol–water partition coefficient (Wildman–Crippen LogP) is 3.98. The summed E-state index contributed by atoms with van der Waals surface area (Å²) in [6.45, 7) is 14.5. The molecule has 2 aliphatic rings. The summed E-state index contributed by atoms with van der Waals surface area (Å²) in [4.78, 5) is 56.6. The number of hydrogen-bond acceptors (Lipinski definition) is 8. The lowest BCUT2D eigenvalue weighted by Gasteiger charge is -2.36. The highest BCUT2D eigenvalue weighted by Gasteiger charge is 2.61. The van der Waals surface area contributed by atoms with Crippen LogP contribution in [-0.2, 0) is 29.1 Å². The molecule has 2 aromatic rings. The largest absolute Gasteiger partial charge is 0.444 e. The van der Waals surface area contributed by atoms with E-state index in [4.69, 9.17) is 4.74 Å². The van der Waals surface area contributed by atoms with Crippen molar-refractivity contribution in [3.05, 3.63) is 55.1 Å². The summed E-state index contributed by atoms with van der Waals surface area (Å²) in [5.74, 6) is -2.40. The van der Waals surface area contributed by atoms with Gasteiger partial charge in [0.1, 0.15) is 23.2 Å². The van der Waals surface area contributed by atoms with Crippen LogP contribution in [-0.4, -0.2) is 78.4 Å². The van der Waals surface area contributed by atoms with Crippen LogP contribution in [0.2, 0.25) is 0 Å². The van der Waals surface area contributed by atoms with Crippen LogP contribution in [0.4, 0.5) is 4.79 Å². The molecule has 1 saturated carbocycles. The molecule has 13 heteroatoms. The second-order valence-electron chi connectivity index (χ2n) is 14.1. The number of benzene rings is 2. The first-order valence-electron chi connectivity index (χ1n) is 15.1. The van der Waals surface area contributed by atoms with Crippen LogP contribution in [0.3, 0.4) is 0 Å². The lowest BCUT2D eigenvalue weighted by molar-refractivity contribution is -0.142. The third kappa shape index (κ3) is 8.41. The normalized spacial score (nSPS) is 23.7. The van der Waals surface area contributed by atoms with Gasteiger partial charge >= 0.3 is 6.09 Å². The maximum Gasteiger partial charge on any atom is 0.408 e.